The van der Waals surface area contributed by atoms with Gasteiger partial charge in [-0.2, -0.15) is 0 Å². The zero-order chi connectivity index (χ0) is 49.6. The second-order valence-electron chi connectivity index (χ2n) is 20.8. The standard InChI is InChI=1S/C67H63N5O/c1-6-53-56-34-22-23-35-59(56)72(52-32-20-11-21-33-52)63(53)61-45(3)73-67(4)43-51(37-39-58(61)67)54-38-36-50(60-44(2)62(47-26-14-8-15-27-47)68-41-40-55(60)46-24-12-7-13-25-46)42-57(54)64-69-65(48-28-16-9-17-29-48)71(5)66(70-64)49-30-18-10-19-31-49/h6-12,14-18,20-23,26-30,32-40,43-44,46,57-58,60,62,65,68H,1,13,24-25,41-42H2,2-5H3. The first-order chi connectivity index (χ1) is 35.8. The van der Waals surface area contributed by atoms with Gasteiger partial charge in [-0.3, -0.25) is 0 Å². The van der Waals surface area contributed by atoms with E-state index in [-0.39, 0.29) is 35.9 Å². The summed E-state index contributed by atoms with van der Waals surface area (Å²) in [6, 6.07) is 53.9. The summed E-state index contributed by atoms with van der Waals surface area (Å²) in [4.78, 5) is 13.5. The quantitative estimate of drug-likeness (QED) is 0.139. The summed E-state index contributed by atoms with van der Waals surface area (Å²) in [6.07, 6.45) is 25.2. The number of para-hydroxylation sites is 2. The molecule has 6 aliphatic rings. The number of allylic oxidation sites excluding steroid dienone is 9. The molecule has 0 saturated heterocycles. The Balaban J connectivity index is 1.01. The lowest BCUT2D eigenvalue weighted by Gasteiger charge is -2.40. The Morgan fingerprint density at radius 2 is 1.63 bits per heavy atom. The van der Waals surface area contributed by atoms with Crippen LogP contribution in [0, 0.1) is 41.7 Å². The number of aromatic nitrogens is 1. The van der Waals surface area contributed by atoms with E-state index in [1.165, 1.54) is 34.1 Å². The number of hydrogen-bond donors (Lipinski definition) is 1. The van der Waals surface area contributed by atoms with E-state index in [2.05, 4.69) is 231 Å². The highest BCUT2D eigenvalue weighted by Gasteiger charge is 2.48. The van der Waals surface area contributed by atoms with Gasteiger partial charge in [-0.15, -0.1) is 0 Å². The smallest absolute Gasteiger partial charge is 0.150 e. The predicted molar refractivity (Wildman–Crippen MR) is 300 cm³/mol. The molecule has 12 rings (SSSR count). The van der Waals surface area contributed by atoms with Crippen LogP contribution in [0.25, 0.3) is 28.2 Å². The molecule has 73 heavy (non-hydrogen) atoms. The molecule has 4 heterocycles. The van der Waals surface area contributed by atoms with Crippen LogP contribution in [0.2, 0.25) is 0 Å². The van der Waals surface area contributed by atoms with Crippen LogP contribution in [0.3, 0.4) is 0 Å². The van der Waals surface area contributed by atoms with E-state index in [0.29, 0.717) is 5.92 Å². The van der Waals surface area contributed by atoms with Crippen molar-refractivity contribution in [1.82, 2.24) is 14.8 Å². The average molecular weight is 954 g/mol. The number of ether oxygens (including phenoxy) is 1. The molecule has 0 amide bonds. The molecule has 0 fully saturated rings. The molecule has 1 aromatic heterocycles. The van der Waals surface area contributed by atoms with Crippen molar-refractivity contribution in [2.75, 3.05) is 13.6 Å². The molecule has 3 aliphatic carbocycles. The first-order valence-electron chi connectivity index (χ1n) is 26.3. The average Bonchev–Trinajstić information content (AvgIpc) is 3.84. The topological polar surface area (TPSA) is 54.1 Å². The predicted octanol–water partition coefficient (Wildman–Crippen LogP) is 14.7. The lowest BCUT2D eigenvalue weighted by molar-refractivity contribution is 0.0677. The Morgan fingerprint density at radius 1 is 0.877 bits per heavy atom. The largest absolute Gasteiger partial charge is 0.487 e. The molecule has 8 unspecified atom stereocenters. The molecule has 5 aromatic carbocycles. The van der Waals surface area contributed by atoms with Gasteiger partial charge in [-0.25, -0.2) is 9.98 Å². The van der Waals surface area contributed by atoms with E-state index < -0.39 is 5.60 Å². The molecular formula is C67H63N5O. The van der Waals surface area contributed by atoms with E-state index in [4.69, 9.17) is 14.7 Å². The highest BCUT2D eigenvalue weighted by atomic mass is 16.5. The minimum Gasteiger partial charge on any atom is -0.487 e. The molecule has 0 spiro atoms. The normalized spacial score (nSPS) is 26.8. The monoisotopic (exact) mass is 954 g/mol. The Morgan fingerprint density at radius 3 is 2.37 bits per heavy atom. The van der Waals surface area contributed by atoms with Crippen LogP contribution in [-0.4, -0.2) is 40.3 Å². The maximum absolute atomic E-state index is 7.22. The number of hydrogen-bond acceptors (Lipinski definition) is 5. The summed E-state index contributed by atoms with van der Waals surface area (Å²) >= 11 is 0. The number of nitrogens with zero attached hydrogens (tertiary/aromatic N) is 4. The number of benzene rings is 4. The summed E-state index contributed by atoms with van der Waals surface area (Å²) in [6.45, 7) is 12.1. The van der Waals surface area contributed by atoms with E-state index in [1.807, 2.05) is 18.2 Å². The molecule has 8 atom stereocenters. The van der Waals surface area contributed by atoms with Gasteiger partial charge >= 0.3 is 0 Å². The van der Waals surface area contributed by atoms with Gasteiger partial charge in [0.1, 0.15) is 29.2 Å². The highest BCUT2D eigenvalue weighted by molar-refractivity contribution is 6.09. The van der Waals surface area contributed by atoms with Crippen LogP contribution in [0.4, 0.5) is 0 Å². The van der Waals surface area contributed by atoms with Gasteiger partial charge in [0.15, 0.2) is 0 Å². The van der Waals surface area contributed by atoms with Crippen LogP contribution < -0.4 is 5.32 Å². The Bertz CT molecular complexity index is 3370. The van der Waals surface area contributed by atoms with Crippen molar-refractivity contribution in [2.45, 2.75) is 64.3 Å². The van der Waals surface area contributed by atoms with Crippen molar-refractivity contribution in [2.24, 2.45) is 39.6 Å². The van der Waals surface area contributed by atoms with Crippen LogP contribution in [0.1, 0.15) is 86.6 Å². The molecule has 3 aliphatic heterocycles. The maximum atomic E-state index is 7.22. The van der Waals surface area contributed by atoms with Gasteiger partial charge in [-0.1, -0.05) is 189 Å². The van der Waals surface area contributed by atoms with Crippen LogP contribution >= 0.6 is 0 Å². The van der Waals surface area contributed by atoms with Gasteiger partial charge in [0.2, 0.25) is 0 Å². The van der Waals surface area contributed by atoms with Gasteiger partial charge in [-0.05, 0) is 110 Å². The van der Waals surface area contributed by atoms with Crippen LogP contribution in [0.5, 0.6) is 0 Å². The van der Waals surface area contributed by atoms with Crippen molar-refractivity contribution >= 4 is 34.2 Å². The third-order valence-corrected chi connectivity index (χ3v) is 16.5. The number of amidine groups is 2. The third kappa shape index (κ3) is 8.30. The van der Waals surface area contributed by atoms with E-state index in [0.717, 1.165) is 82.4 Å². The van der Waals surface area contributed by atoms with Crippen molar-refractivity contribution in [3.8, 4) is 5.69 Å². The lowest BCUT2D eigenvalue weighted by atomic mass is 9.66. The fourth-order valence-corrected chi connectivity index (χ4v) is 13.1. The second kappa shape index (κ2) is 19.4. The number of rotatable bonds is 10. The molecule has 6 nitrogen and oxygen atoms in total. The van der Waals surface area contributed by atoms with Crippen LogP contribution in [-0.2, 0) is 4.74 Å². The van der Waals surface area contributed by atoms with Gasteiger partial charge < -0.3 is 19.5 Å². The molecule has 0 bridgehead atoms. The highest BCUT2D eigenvalue weighted by Crippen LogP contribution is 2.54. The molecule has 362 valence electrons. The second-order valence-corrected chi connectivity index (χ2v) is 20.8. The van der Waals surface area contributed by atoms with Crippen LogP contribution in [0.15, 0.2) is 227 Å². The molecular weight excluding hydrogens is 891 g/mol. The first kappa shape index (κ1) is 46.4. The Kier molecular flexibility index (Phi) is 12.3. The number of nitrogens with one attached hydrogen (secondary N) is 1. The van der Waals surface area contributed by atoms with Crippen molar-refractivity contribution < 1.29 is 4.74 Å². The number of aliphatic imine (C=N–C) groups is 2. The number of fused-ring (bicyclic) bond motifs is 2. The first-order valence-corrected chi connectivity index (χ1v) is 26.3. The maximum Gasteiger partial charge on any atom is 0.150 e. The van der Waals surface area contributed by atoms with Gasteiger partial charge in [0, 0.05) is 53.7 Å². The summed E-state index contributed by atoms with van der Waals surface area (Å²) in [5, 5.41) is 5.18. The van der Waals surface area contributed by atoms with Crippen molar-refractivity contribution in [3.05, 3.63) is 257 Å². The molecule has 0 radical (unpaired) electrons. The fourth-order valence-electron chi connectivity index (χ4n) is 13.1. The third-order valence-electron chi connectivity index (χ3n) is 16.5. The van der Waals surface area contributed by atoms with E-state index in [9.17, 15) is 0 Å². The summed E-state index contributed by atoms with van der Waals surface area (Å²) in [7, 11) is 2.10. The van der Waals surface area contributed by atoms with E-state index >= 15 is 0 Å². The Labute approximate surface area is 431 Å². The summed E-state index contributed by atoms with van der Waals surface area (Å²) in [5.41, 5.74) is 13.7. The minimum atomic E-state index is -0.672. The molecule has 0 saturated carbocycles. The van der Waals surface area contributed by atoms with Gasteiger partial charge in [0.05, 0.1) is 22.7 Å². The zero-order valence-electron chi connectivity index (χ0n) is 42.4. The van der Waals surface area contributed by atoms with Gasteiger partial charge in [0.25, 0.3) is 0 Å². The summed E-state index contributed by atoms with van der Waals surface area (Å²) in [5.74, 6) is 3.37. The van der Waals surface area contributed by atoms with Crippen molar-refractivity contribution in [3.63, 3.8) is 0 Å². The minimum absolute atomic E-state index is 0.0559. The van der Waals surface area contributed by atoms with Crippen molar-refractivity contribution in [1.29, 1.82) is 0 Å². The van der Waals surface area contributed by atoms with E-state index in [1.54, 1.807) is 5.57 Å². The molecule has 6 aromatic rings. The zero-order valence-corrected chi connectivity index (χ0v) is 42.4. The molecule has 1 N–H and O–H groups in total. The Hall–Kier alpha value is -7.72. The molecule has 6 heteroatoms. The fraction of sp³-hybridized carbons (Fsp3) is 0.254. The lowest BCUT2D eigenvalue weighted by Crippen LogP contribution is -2.38. The summed E-state index contributed by atoms with van der Waals surface area (Å²) < 4.78 is 9.62. The SMILES string of the molecule is C=Cc1c(C2=C(C)OC3(C)C=C(C4=CC=C(C5C(C6CC=CCC6)=CCNC(c6ccccc6)C5C)CC4C4=NC(c5ccccc5)N(C)C(c5c#cccc5)=N4)C=CC23)n(-c2ccccc2)c2ccccc12.